The zero-order valence-corrected chi connectivity index (χ0v) is 14.8. The Kier molecular flexibility index (Phi) is 5.05. The quantitative estimate of drug-likeness (QED) is 0.722. The van der Waals surface area contributed by atoms with Crippen LogP contribution >= 0.6 is 11.6 Å². The minimum atomic E-state index is -0.573. The Bertz CT molecular complexity index is 876. The molecular formula is C19H19ClN4O. The number of aromatic nitrogens is 2. The summed E-state index contributed by atoms with van der Waals surface area (Å²) in [5, 5.41) is 11.0. The van der Waals surface area contributed by atoms with Gasteiger partial charge in [0, 0.05) is 30.0 Å². The van der Waals surface area contributed by atoms with Crippen molar-refractivity contribution in [2.24, 2.45) is 7.05 Å². The number of carbonyl (C=O) groups excluding carboxylic acids is 1. The second-order valence-electron chi connectivity index (χ2n) is 5.82. The van der Waals surface area contributed by atoms with Gasteiger partial charge in [0.25, 0.3) is 5.91 Å². The molecule has 0 aliphatic rings. The highest BCUT2D eigenvalue weighted by atomic mass is 35.5. The highest BCUT2D eigenvalue weighted by Gasteiger charge is 2.21. The average molecular weight is 355 g/mol. The van der Waals surface area contributed by atoms with Crippen LogP contribution in [-0.2, 0) is 11.8 Å². The Hall–Kier alpha value is -2.79. The first-order chi connectivity index (χ1) is 12.0. The van der Waals surface area contributed by atoms with E-state index in [1.807, 2.05) is 68.7 Å². The van der Waals surface area contributed by atoms with Crippen LogP contribution in [0.3, 0.4) is 0 Å². The molecule has 1 amide bonds. The molecule has 0 saturated carbocycles. The van der Waals surface area contributed by atoms with Gasteiger partial charge in [0.05, 0.1) is 0 Å². The molecule has 3 rings (SSSR count). The number of hydrogen-bond acceptors (Lipinski definition) is 3. The zero-order valence-electron chi connectivity index (χ0n) is 14.0. The molecule has 0 aliphatic carbocycles. The maximum Gasteiger partial charge on any atom is 0.251 e. The lowest BCUT2D eigenvalue weighted by atomic mass is 10.1. The molecule has 5 nitrogen and oxygen atoms in total. The van der Waals surface area contributed by atoms with Crippen molar-refractivity contribution in [2.75, 3.05) is 10.6 Å². The number of nitrogens with one attached hydrogen (secondary N) is 2. The third-order valence-electron chi connectivity index (χ3n) is 3.84. The van der Waals surface area contributed by atoms with E-state index in [4.69, 9.17) is 11.6 Å². The Morgan fingerprint density at radius 3 is 2.56 bits per heavy atom. The third kappa shape index (κ3) is 4.19. The highest BCUT2D eigenvalue weighted by molar-refractivity contribution is 6.31. The average Bonchev–Trinajstić information content (AvgIpc) is 3.02. The fourth-order valence-corrected chi connectivity index (χ4v) is 2.65. The number of nitrogens with zero attached hydrogens (tertiary/aromatic N) is 2. The first kappa shape index (κ1) is 17.0. The van der Waals surface area contributed by atoms with Gasteiger partial charge in [-0.05, 0) is 30.2 Å². The lowest BCUT2D eigenvalue weighted by Crippen LogP contribution is -2.27. The number of anilines is 2. The van der Waals surface area contributed by atoms with E-state index >= 15 is 0 Å². The number of aryl methyl sites for hydroxylation is 2. The van der Waals surface area contributed by atoms with Gasteiger partial charge in [-0.3, -0.25) is 9.48 Å². The standard InChI is InChI=1S/C19H19ClN4O/c1-13-8-9-15(12-16(13)20)21-19(25)18(14-6-4-3-5-7-14)22-17-10-11-24(2)23-17/h3-12,18H,1-2H3,(H,21,25)(H,22,23)/t18-/m0/s1. The first-order valence-electron chi connectivity index (χ1n) is 7.91. The smallest absolute Gasteiger partial charge is 0.251 e. The van der Waals surface area contributed by atoms with Crippen LogP contribution in [0.5, 0.6) is 0 Å². The van der Waals surface area contributed by atoms with Crippen molar-refractivity contribution < 1.29 is 4.79 Å². The molecule has 0 aliphatic heterocycles. The van der Waals surface area contributed by atoms with E-state index in [2.05, 4.69) is 15.7 Å². The van der Waals surface area contributed by atoms with Gasteiger partial charge in [-0.1, -0.05) is 48.0 Å². The summed E-state index contributed by atoms with van der Waals surface area (Å²) in [5.41, 5.74) is 2.47. The van der Waals surface area contributed by atoms with Crippen LogP contribution in [-0.4, -0.2) is 15.7 Å². The summed E-state index contributed by atoms with van der Waals surface area (Å²) < 4.78 is 1.68. The van der Waals surface area contributed by atoms with Crippen molar-refractivity contribution in [1.82, 2.24) is 9.78 Å². The largest absolute Gasteiger partial charge is 0.353 e. The second kappa shape index (κ2) is 7.40. The molecular weight excluding hydrogens is 336 g/mol. The predicted octanol–water partition coefficient (Wildman–Crippen LogP) is 4.17. The van der Waals surface area contributed by atoms with Crippen LogP contribution < -0.4 is 10.6 Å². The van der Waals surface area contributed by atoms with Crippen LogP contribution in [0.1, 0.15) is 17.2 Å². The lowest BCUT2D eigenvalue weighted by Gasteiger charge is -2.19. The number of rotatable bonds is 5. The molecule has 25 heavy (non-hydrogen) atoms. The van der Waals surface area contributed by atoms with Crippen molar-refractivity contribution in [3.05, 3.63) is 76.9 Å². The molecule has 0 bridgehead atoms. The van der Waals surface area contributed by atoms with Crippen molar-refractivity contribution in [1.29, 1.82) is 0 Å². The number of halogens is 1. The molecule has 0 spiro atoms. The summed E-state index contributed by atoms with van der Waals surface area (Å²) in [5.74, 6) is 0.449. The summed E-state index contributed by atoms with van der Waals surface area (Å²) in [4.78, 5) is 12.9. The minimum absolute atomic E-state index is 0.184. The predicted molar refractivity (Wildman–Crippen MR) is 101 cm³/mol. The van der Waals surface area contributed by atoms with E-state index < -0.39 is 6.04 Å². The number of hydrogen-bond donors (Lipinski definition) is 2. The fourth-order valence-electron chi connectivity index (χ4n) is 2.47. The van der Waals surface area contributed by atoms with Crippen LogP contribution in [0.25, 0.3) is 0 Å². The minimum Gasteiger partial charge on any atom is -0.353 e. The summed E-state index contributed by atoms with van der Waals surface area (Å²) in [7, 11) is 1.83. The molecule has 3 aromatic rings. The zero-order chi connectivity index (χ0) is 17.8. The number of carbonyl (C=O) groups is 1. The van der Waals surface area contributed by atoms with Crippen molar-refractivity contribution in [3.8, 4) is 0 Å². The van der Waals surface area contributed by atoms with Crippen LogP contribution in [0, 0.1) is 6.92 Å². The van der Waals surface area contributed by atoms with Gasteiger partial charge in [-0.15, -0.1) is 0 Å². The molecule has 2 aromatic carbocycles. The number of benzene rings is 2. The van der Waals surface area contributed by atoms with Crippen molar-refractivity contribution in [2.45, 2.75) is 13.0 Å². The monoisotopic (exact) mass is 354 g/mol. The molecule has 0 unspecified atom stereocenters. The molecule has 128 valence electrons. The molecule has 1 aromatic heterocycles. The SMILES string of the molecule is Cc1ccc(NC(=O)[C@@H](Nc2ccn(C)n2)c2ccccc2)cc1Cl. The summed E-state index contributed by atoms with van der Waals surface area (Å²) in [6.07, 6.45) is 1.82. The van der Waals surface area contributed by atoms with E-state index in [-0.39, 0.29) is 5.91 Å². The van der Waals surface area contributed by atoms with Crippen molar-refractivity contribution in [3.63, 3.8) is 0 Å². The summed E-state index contributed by atoms with van der Waals surface area (Å²) in [6.45, 7) is 1.92. The summed E-state index contributed by atoms with van der Waals surface area (Å²) in [6, 6.07) is 16.2. The van der Waals surface area contributed by atoms with Crippen LogP contribution in [0.4, 0.5) is 11.5 Å². The molecule has 1 heterocycles. The maximum atomic E-state index is 12.9. The van der Waals surface area contributed by atoms with Gasteiger partial charge in [0.1, 0.15) is 11.9 Å². The third-order valence-corrected chi connectivity index (χ3v) is 4.25. The maximum absolute atomic E-state index is 12.9. The van der Waals surface area contributed by atoms with E-state index in [1.54, 1.807) is 10.7 Å². The Morgan fingerprint density at radius 1 is 1.16 bits per heavy atom. The molecule has 1 atom stereocenters. The van der Waals surface area contributed by atoms with E-state index in [0.29, 0.717) is 16.5 Å². The first-order valence-corrected chi connectivity index (χ1v) is 8.29. The Labute approximate surface area is 151 Å². The van der Waals surface area contributed by atoms with Crippen LogP contribution in [0.15, 0.2) is 60.8 Å². The Balaban J connectivity index is 1.85. The molecule has 0 fully saturated rings. The molecule has 0 radical (unpaired) electrons. The fraction of sp³-hybridized carbons (Fsp3) is 0.158. The van der Waals surface area contributed by atoms with Crippen LogP contribution in [0.2, 0.25) is 5.02 Å². The van der Waals surface area contributed by atoms with Gasteiger partial charge in [-0.2, -0.15) is 5.10 Å². The molecule has 6 heteroatoms. The van der Waals surface area contributed by atoms with E-state index in [1.165, 1.54) is 0 Å². The topological polar surface area (TPSA) is 59.0 Å². The second-order valence-corrected chi connectivity index (χ2v) is 6.22. The highest BCUT2D eigenvalue weighted by Crippen LogP contribution is 2.23. The normalized spacial score (nSPS) is 11.8. The molecule has 2 N–H and O–H groups in total. The van der Waals surface area contributed by atoms with Gasteiger partial charge in [-0.25, -0.2) is 0 Å². The van der Waals surface area contributed by atoms with Gasteiger partial charge in [0.15, 0.2) is 0 Å². The summed E-state index contributed by atoms with van der Waals surface area (Å²) >= 11 is 6.15. The Morgan fingerprint density at radius 2 is 1.92 bits per heavy atom. The van der Waals surface area contributed by atoms with E-state index in [0.717, 1.165) is 11.1 Å². The van der Waals surface area contributed by atoms with Gasteiger partial charge >= 0.3 is 0 Å². The van der Waals surface area contributed by atoms with Crippen molar-refractivity contribution >= 4 is 29.0 Å². The number of amides is 1. The van der Waals surface area contributed by atoms with Gasteiger partial charge in [0.2, 0.25) is 0 Å². The van der Waals surface area contributed by atoms with Gasteiger partial charge < -0.3 is 10.6 Å². The lowest BCUT2D eigenvalue weighted by molar-refractivity contribution is -0.117. The molecule has 0 saturated heterocycles. The van der Waals surface area contributed by atoms with E-state index in [9.17, 15) is 4.79 Å².